The van der Waals surface area contributed by atoms with Crippen LogP contribution in [0.15, 0.2) is 10.6 Å². The fourth-order valence-electron chi connectivity index (χ4n) is 2.44. The van der Waals surface area contributed by atoms with E-state index in [1.165, 1.54) is 11.3 Å². The van der Waals surface area contributed by atoms with Crippen molar-refractivity contribution >= 4 is 28.3 Å². The number of thiazole rings is 1. The van der Waals surface area contributed by atoms with Crippen LogP contribution in [0, 0.1) is 12.8 Å². The second-order valence-corrected chi connectivity index (χ2v) is 6.91. The van der Waals surface area contributed by atoms with Crippen LogP contribution in [-0.2, 0) is 17.8 Å². The van der Waals surface area contributed by atoms with Gasteiger partial charge in [-0.05, 0) is 6.92 Å². The highest BCUT2D eigenvalue weighted by Gasteiger charge is 2.26. The Kier molecular flexibility index (Phi) is 4.16. The van der Waals surface area contributed by atoms with Gasteiger partial charge in [0, 0.05) is 29.8 Å². The Morgan fingerprint density at radius 3 is 2.87 bits per heavy atom. The number of hydrogen-bond acceptors (Lipinski definition) is 6. The molecule has 0 unspecified atom stereocenters. The topological polar surface area (TPSA) is 88.3 Å². The summed E-state index contributed by atoms with van der Waals surface area (Å²) in [5, 5.41) is 6.95. The van der Waals surface area contributed by atoms with Gasteiger partial charge in [0.15, 0.2) is 10.8 Å². The first-order chi connectivity index (χ1) is 10.9. The van der Waals surface area contributed by atoms with Gasteiger partial charge in [-0.25, -0.2) is 4.98 Å². The van der Waals surface area contributed by atoms with Crippen LogP contribution in [0.4, 0.5) is 5.13 Å². The Hall–Kier alpha value is -2.22. The molecule has 7 nitrogen and oxygen atoms in total. The smallest absolute Gasteiger partial charge is 0.279 e. The number of rotatable bonds is 3. The predicted octanol–water partition coefficient (Wildman–Crippen LogP) is 2.23. The molecule has 1 N–H and O–H groups in total. The molecule has 0 aromatic carbocycles. The maximum atomic E-state index is 12.1. The number of aryl methyl sites for hydroxylation is 1. The predicted molar refractivity (Wildman–Crippen MR) is 85.3 cm³/mol. The van der Waals surface area contributed by atoms with Crippen molar-refractivity contribution in [1.82, 2.24) is 15.0 Å². The number of carbonyl (C=O) groups excluding carboxylic acids is 2. The minimum Gasteiger partial charge on any atom is -0.361 e. The molecule has 23 heavy (non-hydrogen) atoms. The fourth-order valence-corrected chi connectivity index (χ4v) is 3.46. The molecule has 0 spiro atoms. The Morgan fingerprint density at radius 2 is 2.22 bits per heavy atom. The molecule has 0 saturated carbocycles. The summed E-state index contributed by atoms with van der Waals surface area (Å²) in [5.41, 5.74) is 1.18. The summed E-state index contributed by atoms with van der Waals surface area (Å²) in [6.45, 7) is 6.75. The molecule has 3 rings (SSSR count). The van der Waals surface area contributed by atoms with E-state index in [1.807, 2.05) is 18.7 Å². The van der Waals surface area contributed by atoms with Crippen LogP contribution in [0.2, 0.25) is 0 Å². The van der Waals surface area contributed by atoms with E-state index in [0.29, 0.717) is 30.4 Å². The van der Waals surface area contributed by atoms with E-state index in [9.17, 15) is 9.59 Å². The number of amides is 2. The quantitative estimate of drug-likeness (QED) is 0.930. The molecule has 0 saturated heterocycles. The summed E-state index contributed by atoms with van der Waals surface area (Å²) in [6, 6.07) is 1.58. The number of hydrogen-bond donors (Lipinski definition) is 1. The monoisotopic (exact) mass is 334 g/mol. The molecular weight excluding hydrogens is 316 g/mol. The zero-order valence-corrected chi connectivity index (χ0v) is 14.1. The molecule has 0 fully saturated rings. The third-order valence-corrected chi connectivity index (χ3v) is 4.62. The van der Waals surface area contributed by atoms with Gasteiger partial charge < -0.3 is 9.42 Å². The SMILES string of the molecule is Cc1cc(C(=O)Nc2nc3c(s2)CN(C(=O)C(C)C)CC3)no1. The molecule has 0 radical (unpaired) electrons. The number of aromatic nitrogens is 2. The maximum Gasteiger partial charge on any atom is 0.279 e. The van der Waals surface area contributed by atoms with Gasteiger partial charge in [-0.1, -0.05) is 30.3 Å². The van der Waals surface area contributed by atoms with Crippen molar-refractivity contribution in [2.75, 3.05) is 11.9 Å². The number of nitrogens with zero attached hydrogens (tertiary/aromatic N) is 3. The van der Waals surface area contributed by atoms with Gasteiger partial charge in [0.05, 0.1) is 12.2 Å². The molecule has 8 heteroatoms. The van der Waals surface area contributed by atoms with E-state index >= 15 is 0 Å². The van der Waals surface area contributed by atoms with Crippen molar-refractivity contribution < 1.29 is 14.1 Å². The average molecular weight is 334 g/mol. The normalized spacial score (nSPS) is 14.0. The van der Waals surface area contributed by atoms with Gasteiger partial charge in [0.25, 0.3) is 5.91 Å². The lowest BCUT2D eigenvalue weighted by Crippen LogP contribution is -2.37. The first-order valence-electron chi connectivity index (χ1n) is 7.46. The van der Waals surface area contributed by atoms with Crippen molar-refractivity contribution in [2.45, 2.75) is 33.7 Å². The maximum absolute atomic E-state index is 12.1. The zero-order valence-electron chi connectivity index (χ0n) is 13.3. The average Bonchev–Trinajstić information content (AvgIpc) is 3.11. The van der Waals surface area contributed by atoms with Gasteiger partial charge >= 0.3 is 0 Å². The molecule has 0 atom stereocenters. The number of nitrogens with one attached hydrogen (secondary N) is 1. The zero-order chi connectivity index (χ0) is 16.6. The molecule has 1 aliphatic rings. The van der Waals surface area contributed by atoms with E-state index in [2.05, 4.69) is 15.5 Å². The second-order valence-electron chi connectivity index (χ2n) is 5.83. The van der Waals surface area contributed by atoms with Crippen molar-refractivity contribution in [3.8, 4) is 0 Å². The number of carbonyl (C=O) groups is 2. The first-order valence-corrected chi connectivity index (χ1v) is 8.27. The first kappa shape index (κ1) is 15.7. The minimum absolute atomic E-state index is 0.0148. The Balaban J connectivity index is 1.71. The van der Waals surface area contributed by atoms with E-state index in [4.69, 9.17) is 4.52 Å². The lowest BCUT2D eigenvalue weighted by molar-refractivity contribution is -0.135. The second kappa shape index (κ2) is 6.11. The highest BCUT2D eigenvalue weighted by Crippen LogP contribution is 2.29. The lowest BCUT2D eigenvalue weighted by atomic mass is 10.1. The number of fused-ring (bicyclic) bond motifs is 1. The van der Waals surface area contributed by atoms with Crippen LogP contribution in [0.3, 0.4) is 0 Å². The summed E-state index contributed by atoms with van der Waals surface area (Å²) in [4.78, 5) is 31.5. The third kappa shape index (κ3) is 3.26. The van der Waals surface area contributed by atoms with Crippen LogP contribution in [0.1, 0.15) is 40.7 Å². The largest absolute Gasteiger partial charge is 0.361 e. The van der Waals surface area contributed by atoms with E-state index < -0.39 is 0 Å². The standard InChI is InChI=1S/C15H18N4O3S/c1-8(2)14(21)19-5-4-10-12(7-19)23-15(16-10)17-13(20)11-6-9(3)22-18-11/h6,8H,4-5,7H2,1-3H3,(H,16,17,20). The van der Waals surface area contributed by atoms with E-state index in [0.717, 1.165) is 10.6 Å². The van der Waals surface area contributed by atoms with Gasteiger partial charge in [-0.3, -0.25) is 14.9 Å². The number of anilines is 1. The van der Waals surface area contributed by atoms with Gasteiger partial charge in [-0.2, -0.15) is 0 Å². The van der Waals surface area contributed by atoms with Gasteiger partial charge in [0.2, 0.25) is 5.91 Å². The van der Waals surface area contributed by atoms with Crippen molar-refractivity contribution in [1.29, 1.82) is 0 Å². The molecule has 0 bridgehead atoms. The lowest BCUT2D eigenvalue weighted by Gasteiger charge is -2.27. The van der Waals surface area contributed by atoms with Crippen LogP contribution in [-0.4, -0.2) is 33.4 Å². The van der Waals surface area contributed by atoms with E-state index in [-0.39, 0.29) is 23.4 Å². The summed E-state index contributed by atoms with van der Waals surface area (Å²) in [6.07, 6.45) is 0.712. The van der Waals surface area contributed by atoms with Crippen molar-refractivity contribution in [2.24, 2.45) is 5.92 Å². The molecule has 2 aromatic heterocycles. The molecule has 2 amide bonds. The van der Waals surface area contributed by atoms with Crippen LogP contribution in [0.25, 0.3) is 0 Å². The highest BCUT2D eigenvalue weighted by atomic mass is 32.1. The van der Waals surface area contributed by atoms with Crippen molar-refractivity contribution in [3.63, 3.8) is 0 Å². The molecule has 1 aliphatic heterocycles. The summed E-state index contributed by atoms with van der Waals surface area (Å²) in [5.74, 6) is 0.367. The van der Waals surface area contributed by atoms with Gasteiger partial charge in [0.1, 0.15) is 5.76 Å². The highest BCUT2D eigenvalue weighted by molar-refractivity contribution is 7.15. The third-order valence-electron chi connectivity index (χ3n) is 3.62. The molecular formula is C15H18N4O3S. The van der Waals surface area contributed by atoms with Crippen LogP contribution >= 0.6 is 11.3 Å². The fraction of sp³-hybridized carbons (Fsp3) is 0.467. The van der Waals surface area contributed by atoms with Crippen LogP contribution < -0.4 is 5.32 Å². The van der Waals surface area contributed by atoms with E-state index in [1.54, 1.807) is 13.0 Å². The Bertz CT molecular complexity index is 750. The Labute approximate surface area is 137 Å². The van der Waals surface area contributed by atoms with Crippen LogP contribution in [0.5, 0.6) is 0 Å². The summed E-state index contributed by atoms with van der Waals surface area (Å²) < 4.78 is 4.90. The summed E-state index contributed by atoms with van der Waals surface area (Å²) in [7, 11) is 0. The molecule has 0 aliphatic carbocycles. The molecule has 3 heterocycles. The Morgan fingerprint density at radius 1 is 1.43 bits per heavy atom. The van der Waals surface area contributed by atoms with Crippen molar-refractivity contribution in [3.05, 3.63) is 28.1 Å². The molecule has 2 aromatic rings. The minimum atomic E-state index is -0.344. The molecule has 122 valence electrons. The summed E-state index contributed by atoms with van der Waals surface area (Å²) >= 11 is 1.40. The van der Waals surface area contributed by atoms with Gasteiger partial charge in [-0.15, -0.1) is 0 Å².